The molecule has 0 aromatic rings. The van der Waals surface area contributed by atoms with Crippen molar-refractivity contribution in [3.05, 3.63) is 0 Å². The number of aliphatic hydroxyl groups excluding tert-OH is 1. The zero-order valence-corrected chi connectivity index (χ0v) is 22.4. The summed E-state index contributed by atoms with van der Waals surface area (Å²) in [4.78, 5) is 21.8. The SMILES string of the molecule is CC(O)C(=O)O.CCC(N)N(C)C.CCCCCCCCCCCCCCCCCC(=O)O. The molecule has 0 aliphatic heterocycles. The standard InChI is InChI=1S/C18H36O2.C5H14N2.C3H6O3/c1-2-3-4-5-6-7-8-9-10-11-12-13-14-15-16-17-18(19)20;1-4-5(6)7(2)3;1-2(4)3(5)6/h2-17H2,1H3,(H,19,20);5H,4,6H2,1-3H3;2,4H,1H3,(H,5,6). The number of carboxylic acid groups (broad SMARTS) is 2. The summed E-state index contributed by atoms with van der Waals surface area (Å²) < 4.78 is 0. The van der Waals surface area contributed by atoms with Gasteiger partial charge in [-0.15, -0.1) is 0 Å². The van der Waals surface area contributed by atoms with E-state index in [9.17, 15) is 9.59 Å². The summed E-state index contributed by atoms with van der Waals surface area (Å²) in [5.41, 5.74) is 5.54. The average Bonchev–Trinajstić information content (AvgIpc) is 2.76. The largest absolute Gasteiger partial charge is 0.481 e. The Kier molecular flexibility index (Phi) is 31.8. The second kappa shape index (κ2) is 28.9. The fraction of sp³-hybridized carbons (Fsp3) is 0.923. The highest BCUT2D eigenvalue weighted by atomic mass is 16.4. The maximum atomic E-state index is 10.3. The predicted molar refractivity (Wildman–Crippen MR) is 138 cm³/mol. The number of hydrogen-bond donors (Lipinski definition) is 4. The first-order chi connectivity index (χ1) is 15.6. The summed E-state index contributed by atoms with van der Waals surface area (Å²) in [6, 6.07) is 0. The van der Waals surface area contributed by atoms with Gasteiger partial charge in [0.1, 0.15) is 6.10 Å². The Bertz CT molecular complexity index is 417. The van der Waals surface area contributed by atoms with Gasteiger partial charge in [0, 0.05) is 6.42 Å². The molecule has 7 heteroatoms. The molecule has 2 atom stereocenters. The van der Waals surface area contributed by atoms with E-state index >= 15 is 0 Å². The lowest BCUT2D eigenvalue weighted by Crippen LogP contribution is -2.35. The fourth-order valence-electron chi connectivity index (χ4n) is 3.01. The minimum absolute atomic E-state index is 0.236. The van der Waals surface area contributed by atoms with E-state index in [1.807, 2.05) is 19.0 Å². The molecule has 0 aromatic heterocycles. The molecule has 0 amide bonds. The van der Waals surface area contributed by atoms with Crippen molar-refractivity contribution in [1.82, 2.24) is 4.90 Å². The molecule has 200 valence electrons. The van der Waals surface area contributed by atoms with E-state index in [2.05, 4.69) is 13.8 Å². The summed E-state index contributed by atoms with van der Waals surface area (Å²) in [6.07, 6.45) is 20.2. The van der Waals surface area contributed by atoms with Gasteiger partial charge in [-0.25, -0.2) is 4.79 Å². The number of aliphatic hydroxyl groups is 1. The van der Waals surface area contributed by atoms with Gasteiger partial charge in [-0.2, -0.15) is 0 Å². The monoisotopic (exact) mass is 476 g/mol. The van der Waals surface area contributed by atoms with Crippen LogP contribution in [0, 0.1) is 0 Å². The molecular weight excluding hydrogens is 420 g/mol. The van der Waals surface area contributed by atoms with Crippen molar-refractivity contribution in [2.24, 2.45) is 5.73 Å². The first kappa shape index (κ1) is 36.4. The number of nitrogens with two attached hydrogens (primary N) is 1. The summed E-state index contributed by atoms with van der Waals surface area (Å²) in [7, 11) is 3.96. The van der Waals surface area contributed by atoms with Crippen molar-refractivity contribution >= 4 is 11.9 Å². The van der Waals surface area contributed by atoms with Crippen LogP contribution in [-0.4, -0.2) is 58.5 Å². The third kappa shape index (κ3) is 38.4. The number of hydrogen-bond acceptors (Lipinski definition) is 5. The van der Waals surface area contributed by atoms with Gasteiger partial charge in [0.15, 0.2) is 0 Å². The molecule has 7 nitrogen and oxygen atoms in total. The Balaban J connectivity index is -0.000000563. The summed E-state index contributed by atoms with van der Waals surface area (Å²) in [6.45, 7) is 5.54. The van der Waals surface area contributed by atoms with E-state index < -0.39 is 18.0 Å². The van der Waals surface area contributed by atoms with Crippen LogP contribution in [0.25, 0.3) is 0 Å². The molecule has 0 saturated heterocycles. The zero-order valence-electron chi connectivity index (χ0n) is 22.4. The lowest BCUT2D eigenvalue weighted by molar-refractivity contribution is -0.145. The summed E-state index contributed by atoms with van der Waals surface area (Å²) >= 11 is 0. The molecule has 0 saturated carbocycles. The highest BCUT2D eigenvalue weighted by Gasteiger charge is 2.01. The quantitative estimate of drug-likeness (QED) is 0.132. The number of unbranched alkanes of at least 4 members (excludes halogenated alkanes) is 14. The van der Waals surface area contributed by atoms with Gasteiger partial charge < -0.3 is 21.1 Å². The van der Waals surface area contributed by atoms with E-state index in [1.165, 1.54) is 90.4 Å². The van der Waals surface area contributed by atoms with Crippen LogP contribution in [-0.2, 0) is 9.59 Å². The number of carbonyl (C=O) groups is 2. The average molecular weight is 477 g/mol. The van der Waals surface area contributed by atoms with Crippen molar-refractivity contribution in [3.8, 4) is 0 Å². The summed E-state index contributed by atoms with van der Waals surface area (Å²) in [5.74, 6) is -1.84. The minimum atomic E-state index is -1.23. The highest BCUT2D eigenvalue weighted by Crippen LogP contribution is 2.13. The van der Waals surface area contributed by atoms with Gasteiger partial charge >= 0.3 is 11.9 Å². The maximum absolute atomic E-state index is 10.3. The number of nitrogens with zero attached hydrogens (tertiary/aromatic N) is 1. The van der Waals surface area contributed by atoms with Crippen molar-refractivity contribution in [2.75, 3.05) is 14.1 Å². The maximum Gasteiger partial charge on any atom is 0.332 e. The molecule has 0 aromatic carbocycles. The first-order valence-corrected chi connectivity index (χ1v) is 13.1. The molecule has 0 spiro atoms. The lowest BCUT2D eigenvalue weighted by atomic mass is 10.0. The van der Waals surface area contributed by atoms with E-state index in [0.29, 0.717) is 6.42 Å². The van der Waals surface area contributed by atoms with Crippen LogP contribution in [0.15, 0.2) is 0 Å². The lowest BCUT2D eigenvalue weighted by Gasteiger charge is -2.16. The summed E-state index contributed by atoms with van der Waals surface area (Å²) in [5, 5.41) is 24.3. The number of rotatable bonds is 19. The van der Waals surface area contributed by atoms with Crippen molar-refractivity contribution in [1.29, 1.82) is 0 Å². The van der Waals surface area contributed by atoms with E-state index in [0.717, 1.165) is 19.3 Å². The van der Waals surface area contributed by atoms with Gasteiger partial charge in [-0.05, 0) is 33.9 Å². The van der Waals surface area contributed by atoms with Gasteiger partial charge in [0.05, 0.1) is 6.17 Å². The van der Waals surface area contributed by atoms with Gasteiger partial charge in [-0.1, -0.05) is 104 Å². The van der Waals surface area contributed by atoms with Crippen LogP contribution in [0.5, 0.6) is 0 Å². The van der Waals surface area contributed by atoms with Crippen molar-refractivity contribution in [2.45, 2.75) is 142 Å². The molecule has 0 heterocycles. The highest BCUT2D eigenvalue weighted by molar-refractivity contribution is 5.71. The zero-order chi connectivity index (χ0) is 25.9. The van der Waals surface area contributed by atoms with E-state index in [1.54, 1.807) is 0 Å². The molecule has 0 aliphatic rings. The Hall–Kier alpha value is -1.18. The van der Waals surface area contributed by atoms with Crippen LogP contribution >= 0.6 is 0 Å². The van der Waals surface area contributed by atoms with Crippen LogP contribution in [0.2, 0.25) is 0 Å². The smallest absolute Gasteiger partial charge is 0.332 e. The fourth-order valence-corrected chi connectivity index (χ4v) is 3.01. The first-order valence-electron chi connectivity index (χ1n) is 13.1. The van der Waals surface area contributed by atoms with E-state index in [-0.39, 0.29) is 6.17 Å². The van der Waals surface area contributed by atoms with Crippen LogP contribution in [0.1, 0.15) is 130 Å². The Morgan fingerprint density at radius 2 is 1.03 bits per heavy atom. The molecule has 0 rings (SSSR count). The minimum Gasteiger partial charge on any atom is -0.481 e. The van der Waals surface area contributed by atoms with Gasteiger partial charge in [0.2, 0.25) is 0 Å². The normalized spacial score (nSPS) is 12.2. The van der Waals surface area contributed by atoms with Crippen LogP contribution < -0.4 is 5.73 Å². The molecule has 0 radical (unpaired) electrons. The Morgan fingerprint density at radius 3 is 1.21 bits per heavy atom. The van der Waals surface area contributed by atoms with E-state index in [4.69, 9.17) is 21.1 Å². The molecular formula is C26H56N2O5. The Morgan fingerprint density at radius 1 is 0.727 bits per heavy atom. The molecule has 5 N–H and O–H groups in total. The topological polar surface area (TPSA) is 124 Å². The molecule has 0 fully saturated rings. The molecule has 2 unspecified atom stereocenters. The third-order valence-corrected chi connectivity index (χ3v) is 5.43. The van der Waals surface area contributed by atoms with Gasteiger partial charge in [-0.3, -0.25) is 9.69 Å². The van der Waals surface area contributed by atoms with Crippen molar-refractivity contribution < 1.29 is 24.9 Å². The van der Waals surface area contributed by atoms with Crippen LogP contribution in [0.4, 0.5) is 0 Å². The number of carboxylic acids is 2. The van der Waals surface area contributed by atoms with Crippen LogP contribution in [0.3, 0.4) is 0 Å². The van der Waals surface area contributed by atoms with Gasteiger partial charge in [0.25, 0.3) is 0 Å². The molecule has 0 aliphatic carbocycles. The molecule has 33 heavy (non-hydrogen) atoms. The number of aliphatic carboxylic acids is 2. The second-order valence-corrected chi connectivity index (χ2v) is 9.05. The third-order valence-electron chi connectivity index (χ3n) is 5.43. The second-order valence-electron chi connectivity index (χ2n) is 9.05. The van der Waals surface area contributed by atoms with Crippen molar-refractivity contribution in [3.63, 3.8) is 0 Å². The molecule has 0 bridgehead atoms. The Labute approximate surface area is 204 Å². The predicted octanol–water partition coefficient (Wildman–Crippen LogP) is 6.03.